The molecule has 1 fully saturated rings. The van der Waals surface area contributed by atoms with Crippen molar-refractivity contribution in [3.05, 3.63) is 54.1 Å². The Morgan fingerprint density at radius 3 is 2.50 bits per heavy atom. The predicted molar refractivity (Wildman–Crippen MR) is 110 cm³/mol. The molecule has 30 heavy (non-hydrogen) atoms. The number of methoxy groups -OCH3 is 1. The average Bonchev–Trinajstić information content (AvgIpc) is 3.58. The Labute approximate surface area is 174 Å². The van der Waals surface area contributed by atoms with Crippen molar-refractivity contribution in [1.82, 2.24) is 4.90 Å². The molecule has 0 radical (unpaired) electrons. The highest BCUT2D eigenvalue weighted by Crippen LogP contribution is 2.29. The van der Waals surface area contributed by atoms with E-state index in [2.05, 4.69) is 5.32 Å². The summed E-state index contributed by atoms with van der Waals surface area (Å²) in [4.78, 5) is 37.6. The molecule has 0 aliphatic heterocycles. The zero-order valence-corrected chi connectivity index (χ0v) is 16.7. The quantitative estimate of drug-likeness (QED) is 0.622. The van der Waals surface area contributed by atoms with Gasteiger partial charge in [-0.1, -0.05) is 18.2 Å². The largest absolute Gasteiger partial charge is 0.493 e. The van der Waals surface area contributed by atoms with Crippen molar-refractivity contribution in [3.8, 4) is 11.5 Å². The van der Waals surface area contributed by atoms with Gasteiger partial charge in [0.15, 0.2) is 18.1 Å². The van der Waals surface area contributed by atoms with E-state index in [1.165, 1.54) is 19.2 Å². The van der Waals surface area contributed by atoms with Gasteiger partial charge < -0.3 is 24.8 Å². The van der Waals surface area contributed by atoms with Crippen molar-refractivity contribution in [2.75, 3.05) is 25.6 Å². The van der Waals surface area contributed by atoms with E-state index < -0.39 is 5.97 Å². The first-order valence-electron chi connectivity index (χ1n) is 9.66. The Morgan fingerprint density at radius 2 is 1.83 bits per heavy atom. The molecule has 0 heterocycles. The second-order valence-electron chi connectivity index (χ2n) is 6.94. The van der Waals surface area contributed by atoms with E-state index in [0.29, 0.717) is 17.2 Å². The molecule has 1 aliphatic carbocycles. The summed E-state index contributed by atoms with van der Waals surface area (Å²) in [7, 11) is 1.53. The summed E-state index contributed by atoms with van der Waals surface area (Å²) in [6, 6.07) is 13.2. The van der Waals surface area contributed by atoms with Crippen LogP contribution in [0.2, 0.25) is 0 Å². The molecule has 8 heteroatoms. The maximum absolute atomic E-state index is 12.7. The fourth-order valence-corrected chi connectivity index (χ4v) is 3.03. The van der Waals surface area contributed by atoms with E-state index in [-0.39, 0.29) is 43.0 Å². The number of carboxylic acids is 1. The van der Waals surface area contributed by atoms with E-state index in [4.69, 9.17) is 14.6 Å². The van der Waals surface area contributed by atoms with Crippen LogP contribution in [-0.2, 0) is 9.59 Å². The predicted octanol–water partition coefficient (Wildman–Crippen LogP) is 2.79. The lowest BCUT2D eigenvalue weighted by Crippen LogP contribution is -2.38. The molecular formula is C22H24N2O6. The second kappa shape index (κ2) is 9.78. The number of carbonyl (C=O) groups excluding carboxylic acids is 2. The fourth-order valence-electron chi connectivity index (χ4n) is 3.03. The van der Waals surface area contributed by atoms with Crippen LogP contribution in [0.15, 0.2) is 48.5 Å². The highest BCUT2D eigenvalue weighted by molar-refractivity contribution is 5.94. The van der Waals surface area contributed by atoms with E-state index in [9.17, 15) is 14.4 Å². The Kier molecular flexibility index (Phi) is 6.90. The Morgan fingerprint density at radius 1 is 1.10 bits per heavy atom. The molecule has 2 aromatic rings. The molecule has 8 nitrogen and oxygen atoms in total. The fraction of sp³-hybridized carbons (Fsp3) is 0.318. The van der Waals surface area contributed by atoms with Gasteiger partial charge in [0.25, 0.3) is 5.91 Å². The maximum Gasteiger partial charge on any atom is 0.335 e. The summed E-state index contributed by atoms with van der Waals surface area (Å²) < 4.78 is 10.8. The SMILES string of the molecule is COc1ccccc1OCC(=O)N(CCC(=O)Nc1cccc(C(=O)O)c1)C1CC1. The molecular weight excluding hydrogens is 388 g/mol. The first-order chi connectivity index (χ1) is 14.5. The first kappa shape index (κ1) is 21.2. The number of ether oxygens (including phenoxy) is 2. The minimum absolute atomic E-state index is 0.0936. The van der Waals surface area contributed by atoms with Gasteiger partial charge in [-0.15, -0.1) is 0 Å². The zero-order valence-electron chi connectivity index (χ0n) is 16.7. The Hall–Kier alpha value is -3.55. The van der Waals surface area contributed by atoms with E-state index in [1.807, 2.05) is 6.07 Å². The van der Waals surface area contributed by atoms with Crippen LogP contribution in [0.4, 0.5) is 5.69 Å². The Bertz CT molecular complexity index is 925. The molecule has 0 atom stereocenters. The molecule has 2 N–H and O–H groups in total. The topological polar surface area (TPSA) is 105 Å². The summed E-state index contributed by atoms with van der Waals surface area (Å²) in [5.41, 5.74) is 0.500. The molecule has 0 aromatic heterocycles. The van der Waals surface area contributed by atoms with E-state index >= 15 is 0 Å². The van der Waals surface area contributed by atoms with Gasteiger partial charge >= 0.3 is 5.97 Å². The van der Waals surface area contributed by atoms with Gasteiger partial charge in [-0.2, -0.15) is 0 Å². The smallest absolute Gasteiger partial charge is 0.335 e. The minimum atomic E-state index is -1.06. The van der Waals surface area contributed by atoms with Gasteiger partial charge in [0, 0.05) is 24.7 Å². The monoisotopic (exact) mass is 412 g/mol. The third-order valence-corrected chi connectivity index (χ3v) is 4.70. The third-order valence-electron chi connectivity index (χ3n) is 4.70. The molecule has 158 valence electrons. The highest BCUT2D eigenvalue weighted by atomic mass is 16.5. The lowest BCUT2D eigenvalue weighted by atomic mass is 10.2. The van der Waals surface area contributed by atoms with Crippen LogP contribution >= 0.6 is 0 Å². The standard InChI is InChI=1S/C22H24N2O6/c1-29-18-7-2-3-8-19(18)30-14-21(26)24(17-9-10-17)12-11-20(25)23-16-6-4-5-15(13-16)22(27)28/h2-8,13,17H,9-12,14H2,1H3,(H,23,25)(H,27,28). The molecule has 2 aromatic carbocycles. The van der Waals surface area contributed by atoms with Crippen LogP contribution < -0.4 is 14.8 Å². The molecule has 3 rings (SSSR count). The minimum Gasteiger partial charge on any atom is -0.493 e. The molecule has 1 saturated carbocycles. The number of amides is 2. The zero-order chi connectivity index (χ0) is 21.5. The summed E-state index contributed by atoms with van der Waals surface area (Å²) >= 11 is 0. The van der Waals surface area contributed by atoms with Crippen molar-refractivity contribution in [3.63, 3.8) is 0 Å². The lowest BCUT2D eigenvalue weighted by molar-refractivity contribution is -0.134. The number of carboxylic acid groups (broad SMARTS) is 1. The summed E-state index contributed by atoms with van der Waals surface area (Å²) in [6.07, 6.45) is 1.92. The van der Waals surface area contributed by atoms with Gasteiger partial charge in [0.1, 0.15) is 0 Å². The van der Waals surface area contributed by atoms with Crippen LogP contribution in [0, 0.1) is 0 Å². The number of nitrogens with zero attached hydrogens (tertiary/aromatic N) is 1. The normalized spacial score (nSPS) is 12.7. The van der Waals surface area contributed by atoms with Crippen LogP contribution in [-0.4, -0.2) is 54.1 Å². The summed E-state index contributed by atoms with van der Waals surface area (Å²) in [5, 5.41) is 11.7. The number of hydrogen-bond acceptors (Lipinski definition) is 5. The van der Waals surface area contributed by atoms with Crippen molar-refractivity contribution >= 4 is 23.5 Å². The molecule has 0 saturated heterocycles. The number of anilines is 1. The molecule has 0 spiro atoms. The van der Waals surface area contributed by atoms with Crippen molar-refractivity contribution in [2.45, 2.75) is 25.3 Å². The molecule has 0 unspecified atom stereocenters. The number of para-hydroxylation sites is 2. The lowest BCUT2D eigenvalue weighted by Gasteiger charge is -2.22. The summed E-state index contributed by atoms with van der Waals surface area (Å²) in [5.74, 6) is -0.510. The number of hydrogen-bond donors (Lipinski definition) is 2. The van der Waals surface area contributed by atoms with Gasteiger partial charge in [-0.3, -0.25) is 9.59 Å². The van der Waals surface area contributed by atoms with E-state index in [1.54, 1.807) is 35.2 Å². The maximum atomic E-state index is 12.7. The molecule has 1 aliphatic rings. The number of nitrogens with one attached hydrogen (secondary N) is 1. The van der Waals surface area contributed by atoms with Gasteiger partial charge in [0.2, 0.25) is 5.91 Å². The second-order valence-corrected chi connectivity index (χ2v) is 6.94. The molecule has 2 amide bonds. The third kappa shape index (κ3) is 5.73. The van der Waals surface area contributed by atoms with Crippen molar-refractivity contribution in [2.24, 2.45) is 0 Å². The van der Waals surface area contributed by atoms with Gasteiger partial charge in [-0.05, 0) is 43.2 Å². The molecule has 0 bridgehead atoms. The number of carbonyl (C=O) groups is 3. The number of aromatic carboxylic acids is 1. The van der Waals surface area contributed by atoms with Gasteiger partial charge in [0.05, 0.1) is 12.7 Å². The highest BCUT2D eigenvalue weighted by Gasteiger charge is 2.32. The van der Waals surface area contributed by atoms with Gasteiger partial charge in [-0.25, -0.2) is 4.79 Å². The van der Waals surface area contributed by atoms with Crippen LogP contribution in [0.3, 0.4) is 0 Å². The summed E-state index contributed by atoms with van der Waals surface area (Å²) in [6.45, 7) is 0.127. The van der Waals surface area contributed by atoms with Crippen LogP contribution in [0.25, 0.3) is 0 Å². The van der Waals surface area contributed by atoms with Crippen LogP contribution in [0.5, 0.6) is 11.5 Å². The number of rotatable bonds is 10. The van der Waals surface area contributed by atoms with Crippen molar-refractivity contribution in [1.29, 1.82) is 0 Å². The number of benzene rings is 2. The van der Waals surface area contributed by atoms with Crippen molar-refractivity contribution < 1.29 is 29.0 Å². The van der Waals surface area contributed by atoms with E-state index in [0.717, 1.165) is 12.8 Å². The van der Waals surface area contributed by atoms with Crippen LogP contribution in [0.1, 0.15) is 29.6 Å². The first-order valence-corrected chi connectivity index (χ1v) is 9.66. The Balaban J connectivity index is 1.53. The average molecular weight is 412 g/mol.